The molecule has 1 saturated heterocycles. The number of carbonyl (C=O) groups excluding carboxylic acids is 1. The van der Waals surface area contributed by atoms with Crippen LogP contribution in [0.25, 0.3) is 11.3 Å². The van der Waals surface area contributed by atoms with Gasteiger partial charge in [0.25, 0.3) is 0 Å². The van der Waals surface area contributed by atoms with E-state index < -0.39 is 0 Å². The van der Waals surface area contributed by atoms with Gasteiger partial charge in [-0.25, -0.2) is 9.97 Å². The molecule has 0 aliphatic carbocycles. The normalized spacial score (nSPS) is 15.8. The number of hydrogen-bond donors (Lipinski definition) is 1. The number of likely N-dealkylation sites (N-methyl/N-ethyl adjacent to an activating group) is 1. The third-order valence-corrected chi connectivity index (χ3v) is 6.65. The van der Waals surface area contributed by atoms with E-state index in [9.17, 15) is 4.79 Å². The Bertz CT molecular complexity index is 1220. The van der Waals surface area contributed by atoms with Gasteiger partial charge >= 0.3 is 0 Å². The Kier molecular flexibility index (Phi) is 6.30. The number of anilines is 4. The van der Waals surface area contributed by atoms with E-state index in [0.29, 0.717) is 23.6 Å². The van der Waals surface area contributed by atoms with E-state index in [1.165, 1.54) is 0 Å². The molecule has 1 fully saturated rings. The number of piperazine rings is 1. The quantitative estimate of drug-likeness (QED) is 0.553. The summed E-state index contributed by atoms with van der Waals surface area (Å²) in [6.07, 6.45) is 5.40. The second-order valence-electron chi connectivity index (χ2n) is 9.18. The monoisotopic (exact) mass is 469 g/mol. The molecule has 0 spiro atoms. The molecule has 0 aromatic carbocycles. The molecular formula is C25H30BN8O. The van der Waals surface area contributed by atoms with Gasteiger partial charge in [-0.3, -0.25) is 9.78 Å². The van der Waals surface area contributed by atoms with Gasteiger partial charge < -0.3 is 24.8 Å². The van der Waals surface area contributed by atoms with Gasteiger partial charge in [-0.15, -0.1) is 0 Å². The van der Waals surface area contributed by atoms with E-state index in [4.69, 9.17) is 4.98 Å². The number of pyridine rings is 3. The van der Waals surface area contributed by atoms with Crippen LogP contribution in [0.3, 0.4) is 0 Å². The predicted molar refractivity (Wildman–Crippen MR) is 141 cm³/mol. The lowest BCUT2D eigenvalue weighted by Gasteiger charge is -2.33. The first-order valence-corrected chi connectivity index (χ1v) is 11.9. The summed E-state index contributed by atoms with van der Waals surface area (Å²) in [6.45, 7) is 6.44. The molecule has 2 aliphatic rings. The molecule has 9 nitrogen and oxygen atoms in total. The molecule has 0 saturated carbocycles. The third kappa shape index (κ3) is 4.53. The smallest absolute Gasteiger partial charge is 0.247 e. The van der Waals surface area contributed by atoms with Crippen LogP contribution in [0.15, 0.2) is 42.9 Å². The van der Waals surface area contributed by atoms with Gasteiger partial charge in [-0.1, -0.05) is 6.82 Å². The summed E-state index contributed by atoms with van der Waals surface area (Å²) in [5.41, 5.74) is 5.06. The van der Waals surface area contributed by atoms with Crippen LogP contribution in [0.2, 0.25) is 6.82 Å². The summed E-state index contributed by atoms with van der Waals surface area (Å²) in [5.74, 6) is 1.49. The van der Waals surface area contributed by atoms with Crippen LogP contribution in [0.1, 0.15) is 15.9 Å². The Balaban J connectivity index is 1.45. The summed E-state index contributed by atoms with van der Waals surface area (Å²) in [4.78, 5) is 35.4. The number of aromatic nitrogens is 3. The lowest BCUT2D eigenvalue weighted by Crippen LogP contribution is -2.44. The summed E-state index contributed by atoms with van der Waals surface area (Å²) >= 11 is 0. The fourth-order valence-corrected chi connectivity index (χ4v) is 4.55. The first-order valence-electron chi connectivity index (χ1n) is 11.9. The molecule has 1 amide bonds. The zero-order chi connectivity index (χ0) is 24.5. The van der Waals surface area contributed by atoms with E-state index in [1.54, 1.807) is 17.2 Å². The Morgan fingerprint density at radius 3 is 2.51 bits per heavy atom. The first kappa shape index (κ1) is 23.1. The minimum Gasteiger partial charge on any atom is -0.383 e. The van der Waals surface area contributed by atoms with E-state index >= 15 is 0 Å². The van der Waals surface area contributed by atoms with Crippen LogP contribution in [0.5, 0.6) is 0 Å². The standard InChI is InChI=1S/C25H30BN8O/c1-26-34-16-19-23(25(34)35)20(15-29-24(19)17-7-8-27-22(13-17)31(2)3)30-21-6-5-18(14-28-21)33-11-9-32(4)10-12-33/h5-8,13-15H,9-12,16H2,1-4H3,(H,28,30). The van der Waals surface area contributed by atoms with E-state index in [1.807, 2.05) is 57.6 Å². The van der Waals surface area contributed by atoms with Gasteiger partial charge in [0, 0.05) is 64.1 Å². The minimum atomic E-state index is -0.0374. The van der Waals surface area contributed by atoms with Crippen LogP contribution in [0.4, 0.5) is 23.0 Å². The highest BCUT2D eigenvalue weighted by Crippen LogP contribution is 2.36. The highest BCUT2D eigenvalue weighted by molar-refractivity contribution is 6.37. The van der Waals surface area contributed by atoms with Crippen molar-refractivity contribution in [3.05, 3.63) is 54.0 Å². The van der Waals surface area contributed by atoms with Gasteiger partial charge in [0.2, 0.25) is 13.3 Å². The maximum Gasteiger partial charge on any atom is 0.247 e. The molecule has 0 atom stereocenters. The number of carbonyl (C=O) groups is 1. The van der Waals surface area contributed by atoms with Crippen molar-refractivity contribution in [3.8, 4) is 11.3 Å². The Morgan fingerprint density at radius 2 is 1.83 bits per heavy atom. The molecule has 3 aromatic heterocycles. The molecule has 35 heavy (non-hydrogen) atoms. The SMILES string of the molecule is C[B]N1Cc2c(-c3ccnc(N(C)C)c3)ncc(Nc3ccc(N4CCN(C)CC4)cn3)c2C1=O. The number of nitrogens with one attached hydrogen (secondary N) is 1. The second kappa shape index (κ2) is 9.54. The Hall–Kier alpha value is -3.66. The Morgan fingerprint density at radius 1 is 1.03 bits per heavy atom. The summed E-state index contributed by atoms with van der Waals surface area (Å²) < 4.78 is 0. The molecule has 0 unspecified atom stereocenters. The van der Waals surface area contributed by atoms with Gasteiger partial charge in [0.15, 0.2) is 0 Å². The third-order valence-electron chi connectivity index (χ3n) is 6.65. The Labute approximate surface area is 207 Å². The van der Waals surface area contributed by atoms with E-state index in [-0.39, 0.29) is 5.91 Å². The molecule has 0 bridgehead atoms. The number of nitrogens with zero attached hydrogens (tertiary/aromatic N) is 7. The van der Waals surface area contributed by atoms with Crippen LogP contribution in [-0.2, 0) is 6.54 Å². The van der Waals surface area contributed by atoms with Crippen LogP contribution in [0, 0.1) is 0 Å². The molecule has 5 heterocycles. The van der Waals surface area contributed by atoms with Crippen LogP contribution < -0.4 is 15.1 Å². The van der Waals surface area contributed by atoms with Crippen molar-refractivity contribution in [1.82, 2.24) is 24.7 Å². The largest absolute Gasteiger partial charge is 0.383 e. The van der Waals surface area contributed by atoms with Gasteiger partial charge in [-0.2, -0.15) is 0 Å². The van der Waals surface area contributed by atoms with Crippen molar-refractivity contribution in [1.29, 1.82) is 0 Å². The predicted octanol–water partition coefficient (Wildman–Crippen LogP) is 2.72. The lowest BCUT2D eigenvalue weighted by molar-refractivity contribution is 0.0878. The lowest BCUT2D eigenvalue weighted by atomic mass is 9.96. The second-order valence-corrected chi connectivity index (χ2v) is 9.18. The van der Waals surface area contributed by atoms with Crippen molar-refractivity contribution in [2.24, 2.45) is 0 Å². The molecule has 3 aromatic rings. The highest BCUT2D eigenvalue weighted by atomic mass is 16.2. The van der Waals surface area contributed by atoms with E-state index in [2.05, 4.69) is 38.2 Å². The highest BCUT2D eigenvalue weighted by Gasteiger charge is 2.32. The molecule has 1 N–H and O–H groups in total. The minimum absolute atomic E-state index is 0.0374. The summed E-state index contributed by atoms with van der Waals surface area (Å²) in [6, 6.07) is 7.97. The molecule has 1 radical (unpaired) electrons. The van der Waals surface area contributed by atoms with Crippen LogP contribution in [-0.4, -0.2) is 85.3 Å². The van der Waals surface area contributed by atoms with Gasteiger partial charge in [0.05, 0.1) is 35.0 Å². The zero-order valence-corrected chi connectivity index (χ0v) is 20.7. The number of rotatable bonds is 6. The van der Waals surface area contributed by atoms with Gasteiger partial charge in [-0.05, 0) is 31.3 Å². The fourth-order valence-electron chi connectivity index (χ4n) is 4.55. The van der Waals surface area contributed by atoms with Gasteiger partial charge in [0.1, 0.15) is 11.6 Å². The number of fused-ring (bicyclic) bond motifs is 1. The van der Waals surface area contributed by atoms with Crippen molar-refractivity contribution >= 4 is 36.3 Å². The average Bonchev–Trinajstić information content (AvgIpc) is 3.22. The van der Waals surface area contributed by atoms with Crippen molar-refractivity contribution in [2.75, 3.05) is 62.4 Å². The topological polar surface area (TPSA) is 80.7 Å². The van der Waals surface area contributed by atoms with Crippen molar-refractivity contribution in [3.63, 3.8) is 0 Å². The molecule has 179 valence electrons. The summed E-state index contributed by atoms with van der Waals surface area (Å²) in [5, 5.41) is 3.34. The molecule has 10 heteroatoms. The van der Waals surface area contributed by atoms with Crippen molar-refractivity contribution < 1.29 is 4.79 Å². The zero-order valence-electron chi connectivity index (χ0n) is 20.7. The maximum atomic E-state index is 13.3. The maximum absolute atomic E-state index is 13.3. The van der Waals surface area contributed by atoms with E-state index in [0.717, 1.165) is 54.5 Å². The average molecular weight is 469 g/mol. The molecular weight excluding hydrogens is 439 g/mol. The van der Waals surface area contributed by atoms with Crippen LogP contribution >= 0.6 is 0 Å². The van der Waals surface area contributed by atoms with Crippen molar-refractivity contribution in [2.45, 2.75) is 13.4 Å². The number of hydrogen-bond acceptors (Lipinski definition) is 8. The molecule has 2 aliphatic heterocycles. The first-order chi connectivity index (χ1) is 16.9. The fraction of sp³-hybridized carbons (Fsp3) is 0.360. The number of amides is 1. The molecule has 5 rings (SSSR count). The summed E-state index contributed by atoms with van der Waals surface area (Å²) in [7, 11) is 7.87.